The van der Waals surface area contributed by atoms with Crippen molar-refractivity contribution in [2.75, 3.05) is 26.7 Å². The van der Waals surface area contributed by atoms with E-state index in [9.17, 15) is 44.4 Å². The normalized spacial score (nSPS) is 31.3. The molecule has 43 heavy (non-hydrogen) atoms. The summed E-state index contributed by atoms with van der Waals surface area (Å²) in [5, 5.41) is 39.7. The fourth-order valence-electron chi connectivity index (χ4n) is 6.46. The number of likely N-dealkylation sites (N-methyl/N-ethyl adjacent to an activating group) is 1. The minimum atomic E-state index is -1.96. The molecule has 3 heterocycles. The van der Waals surface area contributed by atoms with E-state index in [0.29, 0.717) is 19.5 Å². The summed E-state index contributed by atoms with van der Waals surface area (Å²) in [6, 6.07) is -0.619. The molecule has 3 aliphatic heterocycles. The summed E-state index contributed by atoms with van der Waals surface area (Å²) in [4.78, 5) is 75.0. The van der Waals surface area contributed by atoms with E-state index in [1.54, 1.807) is 18.7 Å². The molecule has 4 rings (SSSR count). The number of amides is 5. The molecule has 0 aromatic rings. The molecule has 1 saturated carbocycles. The van der Waals surface area contributed by atoms with Gasteiger partial charge in [-0.05, 0) is 45.4 Å². The zero-order valence-electron chi connectivity index (χ0n) is 24.9. The molecule has 0 aromatic heterocycles. The Labute approximate surface area is 250 Å². The molecule has 1 aliphatic carbocycles. The van der Waals surface area contributed by atoms with E-state index in [1.807, 2.05) is 0 Å². The van der Waals surface area contributed by atoms with Gasteiger partial charge in [0.25, 0.3) is 5.91 Å². The molecular formula is C28H44N4O11. The fourth-order valence-corrected chi connectivity index (χ4v) is 6.46. The van der Waals surface area contributed by atoms with Crippen molar-refractivity contribution in [1.82, 2.24) is 20.2 Å². The first-order chi connectivity index (χ1) is 20.2. The molecule has 242 valence electrons. The Kier molecular flexibility index (Phi) is 10.3. The summed E-state index contributed by atoms with van der Waals surface area (Å²) in [5.41, 5.74) is 0.962. The van der Waals surface area contributed by atoms with Crippen molar-refractivity contribution in [3.8, 4) is 0 Å². The van der Waals surface area contributed by atoms with E-state index < -0.39 is 78.4 Å². The van der Waals surface area contributed by atoms with Gasteiger partial charge in [0.1, 0.15) is 23.9 Å². The van der Waals surface area contributed by atoms with Crippen molar-refractivity contribution in [2.45, 2.75) is 101 Å². The van der Waals surface area contributed by atoms with Crippen molar-refractivity contribution < 1.29 is 54.0 Å². The molecule has 0 radical (unpaired) electrons. The van der Waals surface area contributed by atoms with Gasteiger partial charge in [0.05, 0.1) is 11.8 Å². The topological polar surface area (TPSA) is 206 Å². The van der Waals surface area contributed by atoms with Gasteiger partial charge in [-0.2, -0.15) is 0 Å². The second-order valence-electron chi connectivity index (χ2n) is 12.6. The largest absolute Gasteiger partial charge is 0.479 e. The molecule has 4 aliphatic rings. The summed E-state index contributed by atoms with van der Waals surface area (Å²) in [5.74, 6) is -5.29. The first kappa shape index (κ1) is 33.1. The lowest BCUT2D eigenvalue weighted by atomic mass is 9.81. The molecule has 15 nitrogen and oxygen atoms in total. The highest BCUT2D eigenvalue weighted by molar-refractivity contribution is 6.06. The third kappa shape index (κ3) is 6.80. The molecule has 4 fully saturated rings. The van der Waals surface area contributed by atoms with Gasteiger partial charge in [0.15, 0.2) is 6.10 Å². The van der Waals surface area contributed by atoms with Crippen LogP contribution in [-0.2, 0) is 28.8 Å². The number of aliphatic carboxylic acids is 1. The maximum Gasteiger partial charge on any atom is 0.335 e. The Bertz CT molecular complexity index is 1070. The summed E-state index contributed by atoms with van der Waals surface area (Å²) in [6.45, 7) is 3.81. The Balaban J connectivity index is 1.62. The number of carboxylic acid groups (broad SMARTS) is 1. The van der Waals surface area contributed by atoms with Gasteiger partial charge >= 0.3 is 12.0 Å². The number of rotatable bonds is 10. The lowest BCUT2D eigenvalue weighted by Crippen LogP contribution is -2.61. The van der Waals surface area contributed by atoms with Crippen molar-refractivity contribution in [2.24, 2.45) is 17.8 Å². The van der Waals surface area contributed by atoms with Gasteiger partial charge in [-0.15, -0.1) is 0 Å². The number of nitrogens with one attached hydrogen (secondary N) is 1. The number of ether oxygens (including phenoxy) is 1. The number of hydroxylamine groups is 1. The van der Waals surface area contributed by atoms with Crippen LogP contribution in [0.25, 0.3) is 0 Å². The number of likely N-dealkylation sites (tertiary alicyclic amines) is 1. The van der Waals surface area contributed by atoms with Gasteiger partial charge in [0.2, 0.25) is 18.1 Å². The number of hydrogen-bond donors (Lipinski definition) is 5. The average Bonchev–Trinajstić information content (AvgIpc) is 3.55. The first-order valence-corrected chi connectivity index (χ1v) is 15.0. The summed E-state index contributed by atoms with van der Waals surface area (Å²) < 4.78 is 5.10. The first-order valence-electron chi connectivity index (χ1n) is 15.0. The average molecular weight is 613 g/mol. The zero-order valence-corrected chi connectivity index (χ0v) is 24.9. The Morgan fingerprint density at radius 1 is 0.977 bits per heavy atom. The number of carboxylic acids is 1. The minimum Gasteiger partial charge on any atom is -0.479 e. The third-order valence-electron chi connectivity index (χ3n) is 9.46. The molecule has 5 N–H and O–H groups in total. The number of aliphatic hydroxyl groups is 3. The minimum absolute atomic E-state index is 0.163. The third-order valence-corrected chi connectivity index (χ3v) is 9.46. The van der Waals surface area contributed by atoms with Crippen molar-refractivity contribution in [3.05, 3.63) is 0 Å². The molecule has 5 amide bonds. The fraction of sp³-hybridized carbons (Fsp3) is 0.821. The van der Waals surface area contributed by atoms with Crippen molar-refractivity contribution in [3.63, 3.8) is 0 Å². The number of urea groups is 1. The summed E-state index contributed by atoms with van der Waals surface area (Å²) >= 11 is 0. The van der Waals surface area contributed by atoms with Gasteiger partial charge in [0, 0.05) is 26.7 Å². The molecular weight excluding hydrogens is 568 g/mol. The smallest absolute Gasteiger partial charge is 0.335 e. The summed E-state index contributed by atoms with van der Waals surface area (Å²) in [6.07, 6.45) is -2.95. The van der Waals surface area contributed by atoms with Crippen LogP contribution in [0.5, 0.6) is 0 Å². The lowest BCUT2D eigenvalue weighted by molar-refractivity contribution is -0.306. The zero-order chi connectivity index (χ0) is 31.6. The second-order valence-corrected chi connectivity index (χ2v) is 12.6. The van der Waals surface area contributed by atoms with Gasteiger partial charge in [-0.3, -0.25) is 19.3 Å². The molecule has 15 heteroatoms. The number of aliphatic hydroxyl groups excluding tert-OH is 3. The van der Waals surface area contributed by atoms with Crippen LogP contribution in [0.4, 0.5) is 4.79 Å². The van der Waals surface area contributed by atoms with Crippen LogP contribution < -0.4 is 5.48 Å². The van der Waals surface area contributed by atoms with E-state index in [4.69, 9.17) is 9.57 Å². The van der Waals surface area contributed by atoms with Crippen molar-refractivity contribution >= 4 is 29.7 Å². The van der Waals surface area contributed by atoms with Crippen LogP contribution in [0.1, 0.15) is 65.2 Å². The Morgan fingerprint density at radius 3 is 2.16 bits per heavy atom. The standard InChI is InChI=1S/C28H44N4O11/c1-28(2)26(40)32(27(41)30(28)3)14-17(16(13-15-9-5-6-10-15)23(37)31-11-7-4-8-12-31)22(36)29-43-25-20(35)18(33)19(34)21(42-25)24(38)39/h15-21,25,33-35H,4-14H2,1-3H3,(H,29,36)(H,38,39)/t16-,17-,18+,19+,20-,21+,25+/m1/s1. The number of carbonyl (C=O) groups is 5. The summed E-state index contributed by atoms with van der Waals surface area (Å²) in [7, 11) is 1.48. The number of carbonyl (C=O) groups excluding carboxylic acids is 4. The maximum atomic E-state index is 14.0. The molecule has 3 saturated heterocycles. The maximum absolute atomic E-state index is 14.0. The van der Waals surface area contributed by atoms with Crippen molar-refractivity contribution in [1.29, 1.82) is 0 Å². The number of hydrogen-bond acceptors (Lipinski definition) is 10. The molecule has 0 aromatic carbocycles. The monoisotopic (exact) mass is 612 g/mol. The highest BCUT2D eigenvalue weighted by atomic mass is 16.8. The van der Waals surface area contributed by atoms with Crippen LogP contribution in [0.2, 0.25) is 0 Å². The van der Waals surface area contributed by atoms with E-state index in [-0.39, 0.29) is 11.8 Å². The predicted octanol–water partition coefficient (Wildman–Crippen LogP) is -0.576. The molecule has 0 unspecified atom stereocenters. The van der Waals surface area contributed by atoms with Gasteiger partial charge in [-0.25, -0.2) is 19.9 Å². The Morgan fingerprint density at radius 2 is 1.60 bits per heavy atom. The highest BCUT2D eigenvalue weighted by Crippen LogP contribution is 2.36. The lowest BCUT2D eigenvalue weighted by Gasteiger charge is -2.38. The molecule has 0 bridgehead atoms. The quantitative estimate of drug-likeness (QED) is 0.156. The number of piperidine rings is 1. The number of nitrogens with zero attached hydrogens (tertiary/aromatic N) is 3. The molecule has 7 atom stereocenters. The van der Waals surface area contributed by atoms with E-state index >= 15 is 0 Å². The highest BCUT2D eigenvalue weighted by Gasteiger charge is 2.52. The Hall–Kier alpha value is -2.85. The van der Waals surface area contributed by atoms with Crippen LogP contribution in [0.15, 0.2) is 0 Å². The van der Waals surface area contributed by atoms with E-state index in [1.165, 1.54) is 11.9 Å². The molecule has 0 spiro atoms. The van der Waals surface area contributed by atoms with Gasteiger partial charge in [-0.1, -0.05) is 25.7 Å². The SMILES string of the molecule is CN1C(=O)N(C[C@@H](C(=O)NO[C@@H]2O[C@H](C(=O)O)[C@@H](O)[C@H](O)[C@H]2O)[C@@H](CC2CCCC2)C(=O)N2CCCCC2)C(=O)C1(C)C. The van der Waals surface area contributed by atoms with Crippen LogP contribution >= 0.6 is 0 Å². The van der Waals surface area contributed by atoms with Crippen LogP contribution in [0, 0.1) is 17.8 Å². The van der Waals surface area contributed by atoms with Crippen LogP contribution in [-0.4, -0.2) is 128 Å². The number of imide groups is 1. The van der Waals surface area contributed by atoms with Crippen LogP contribution in [0.3, 0.4) is 0 Å². The van der Waals surface area contributed by atoms with E-state index in [2.05, 4.69) is 5.48 Å². The second kappa shape index (κ2) is 13.4. The predicted molar refractivity (Wildman–Crippen MR) is 146 cm³/mol. The van der Waals surface area contributed by atoms with Gasteiger partial charge < -0.3 is 35.0 Å². The van der Waals surface area contributed by atoms with E-state index in [0.717, 1.165) is 49.8 Å².